The van der Waals surface area contributed by atoms with Gasteiger partial charge in [0, 0.05) is 14.2 Å². The van der Waals surface area contributed by atoms with Gasteiger partial charge in [-0.25, -0.2) is 0 Å². The van der Waals surface area contributed by atoms with Crippen LogP contribution in [0.4, 0.5) is 0 Å². The molecule has 14 heavy (non-hydrogen) atoms. The molecule has 0 bridgehead atoms. The topological polar surface area (TPSA) is 58.9 Å². The Kier molecular flexibility index (Phi) is 14.9. The van der Waals surface area contributed by atoms with E-state index >= 15 is 0 Å². The van der Waals surface area contributed by atoms with E-state index in [1.807, 2.05) is 13.8 Å². The van der Waals surface area contributed by atoms with Crippen molar-refractivity contribution >= 4 is 0 Å². The number of aliphatic hydroxyl groups is 2. The summed E-state index contributed by atoms with van der Waals surface area (Å²) in [6.45, 7) is 4.75. The van der Waals surface area contributed by atoms with Gasteiger partial charge in [-0.05, 0) is 12.8 Å². The highest BCUT2D eigenvalue weighted by atomic mass is 16.5. The quantitative estimate of drug-likeness (QED) is 0.678. The van der Waals surface area contributed by atoms with Crippen LogP contribution in [0.3, 0.4) is 0 Å². The summed E-state index contributed by atoms with van der Waals surface area (Å²) in [6.07, 6.45) is 0.997. The molecule has 0 amide bonds. The average molecular weight is 208 g/mol. The largest absolute Gasteiger partial charge is 0.391 e. The van der Waals surface area contributed by atoms with Crippen LogP contribution in [0.5, 0.6) is 0 Å². The third kappa shape index (κ3) is 14.4. The highest BCUT2D eigenvalue weighted by Crippen LogP contribution is 1.87. The van der Waals surface area contributed by atoms with E-state index in [0.29, 0.717) is 13.2 Å². The second-order valence-electron chi connectivity index (χ2n) is 3.03. The summed E-state index contributed by atoms with van der Waals surface area (Å²) in [7, 11) is 3.16. The van der Waals surface area contributed by atoms with Crippen molar-refractivity contribution in [1.29, 1.82) is 0 Å². The normalized spacial score (nSPS) is 14.1. The molecule has 88 valence electrons. The highest BCUT2D eigenvalue weighted by Gasteiger charge is 1.95. The Balaban J connectivity index is 0. The number of rotatable bonds is 6. The first-order valence-corrected chi connectivity index (χ1v) is 4.96. The monoisotopic (exact) mass is 208 g/mol. The van der Waals surface area contributed by atoms with Crippen molar-refractivity contribution in [3.05, 3.63) is 0 Å². The summed E-state index contributed by atoms with van der Waals surface area (Å²) < 4.78 is 9.29. The molecule has 0 aliphatic rings. The number of ether oxygens (including phenoxy) is 2. The third-order valence-electron chi connectivity index (χ3n) is 1.66. The molecular weight excluding hydrogens is 184 g/mol. The molecular formula is C10H24O4. The first-order valence-electron chi connectivity index (χ1n) is 4.96. The number of methoxy groups -OCH3 is 2. The summed E-state index contributed by atoms with van der Waals surface area (Å²) >= 11 is 0. The molecule has 0 rings (SSSR count). The molecule has 0 saturated carbocycles. The minimum absolute atomic E-state index is 0.273. The standard InChI is InChI=1S/2C5H12O2/c2*1-3-5(6)4-7-2/h2*5-6H,3-4H2,1-2H3/t2*5-/m10/s1. The molecule has 0 aliphatic heterocycles. The van der Waals surface area contributed by atoms with E-state index < -0.39 is 0 Å². The molecule has 4 nitrogen and oxygen atoms in total. The molecule has 4 heteroatoms. The van der Waals surface area contributed by atoms with Gasteiger partial charge in [-0.3, -0.25) is 0 Å². The zero-order valence-corrected chi connectivity index (χ0v) is 9.69. The van der Waals surface area contributed by atoms with E-state index in [2.05, 4.69) is 9.47 Å². The summed E-state index contributed by atoms with van der Waals surface area (Å²) in [4.78, 5) is 0. The van der Waals surface area contributed by atoms with E-state index in [4.69, 9.17) is 10.2 Å². The van der Waals surface area contributed by atoms with Crippen molar-refractivity contribution in [2.75, 3.05) is 27.4 Å². The molecule has 0 aromatic heterocycles. The zero-order chi connectivity index (χ0) is 11.4. The van der Waals surface area contributed by atoms with Gasteiger partial charge in [0.05, 0.1) is 25.4 Å². The lowest BCUT2D eigenvalue weighted by Gasteiger charge is -2.02. The zero-order valence-electron chi connectivity index (χ0n) is 9.69. The van der Waals surface area contributed by atoms with Crippen molar-refractivity contribution in [1.82, 2.24) is 0 Å². The fourth-order valence-corrected chi connectivity index (χ4v) is 0.620. The van der Waals surface area contributed by atoms with Crippen LogP contribution < -0.4 is 0 Å². The van der Waals surface area contributed by atoms with Gasteiger partial charge in [0.25, 0.3) is 0 Å². The lowest BCUT2D eigenvalue weighted by molar-refractivity contribution is 0.0624. The Bertz CT molecular complexity index is 86.1. The summed E-state index contributed by atoms with van der Waals surface area (Å²) in [6, 6.07) is 0. The Morgan fingerprint density at radius 1 is 0.857 bits per heavy atom. The Hall–Kier alpha value is -0.160. The van der Waals surface area contributed by atoms with Crippen LogP contribution in [0.2, 0.25) is 0 Å². The molecule has 0 spiro atoms. The lowest BCUT2D eigenvalue weighted by Crippen LogP contribution is -2.11. The van der Waals surface area contributed by atoms with Crippen LogP contribution in [-0.4, -0.2) is 49.9 Å². The van der Waals surface area contributed by atoms with Crippen LogP contribution in [0.15, 0.2) is 0 Å². The Morgan fingerprint density at radius 2 is 1.14 bits per heavy atom. The number of hydrogen-bond donors (Lipinski definition) is 2. The van der Waals surface area contributed by atoms with Gasteiger partial charge in [0.1, 0.15) is 0 Å². The molecule has 0 aromatic rings. The van der Waals surface area contributed by atoms with Gasteiger partial charge in [0.2, 0.25) is 0 Å². The minimum atomic E-state index is -0.273. The van der Waals surface area contributed by atoms with Crippen LogP contribution >= 0.6 is 0 Å². The van der Waals surface area contributed by atoms with Gasteiger partial charge >= 0.3 is 0 Å². The van der Waals surface area contributed by atoms with E-state index in [1.54, 1.807) is 14.2 Å². The Labute approximate surface area is 86.8 Å². The molecule has 0 fully saturated rings. The predicted octanol–water partition coefficient (Wildman–Crippen LogP) is 0.807. The van der Waals surface area contributed by atoms with Crippen LogP contribution in [0.1, 0.15) is 26.7 Å². The van der Waals surface area contributed by atoms with Gasteiger partial charge in [0.15, 0.2) is 0 Å². The molecule has 0 aromatic carbocycles. The average Bonchev–Trinajstić information content (AvgIpc) is 2.19. The van der Waals surface area contributed by atoms with E-state index in [9.17, 15) is 0 Å². The maximum absolute atomic E-state index is 8.73. The van der Waals surface area contributed by atoms with Gasteiger partial charge < -0.3 is 19.7 Å². The molecule has 0 saturated heterocycles. The second-order valence-corrected chi connectivity index (χ2v) is 3.03. The van der Waals surface area contributed by atoms with Gasteiger partial charge in [-0.2, -0.15) is 0 Å². The first-order chi connectivity index (χ1) is 6.62. The van der Waals surface area contributed by atoms with Crippen LogP contribution in [0, 0.1) is 0 Å². The second kappa shape index (κ2) is 12.8. The minimum Gasteiger partial charge on any atom is -0.391 e. The highest BCUT2D eigenvalue weighted by molar-refractivity contribution is 4.46. The SMILES string of the molecule is CC[C@@H](O)COC.CC[C@H](O)COC. The number of hydrogen-bond acceptors (Lipinski definition) is 4. The maximum Gasteiger partial charge on any atom is 0.0770 e. The molecule has 0 aliphatic carbocycles. The molecule has 0 heterocycles. The summed E-state index contributed by atoms with van der Waals surface area (Å²) in [5.41, 5.74) is 0. The van der Waals surface area contributed by atoms with Crippen molar-refractivity contribution in [2.45, 2.75) is 38.9 Å². The lowest BCUT2D eigenvalue weighted by atomic mass is 10.3. The molecule has 0 radical (unpaired) electrons. The third-order valence-corrected chi connectivity index (χ3v) is 1.66. The van der Waals surface area contributed by atoms with Crippen molar-refractivity contribution < 1.29 is 19.7 Å². The number of aliphatic hydroxyl groups excluding tert-OH is 2. The van der Waals surface area contributed by atoms with E-state index in [-0.39, 0.29) is 12.2 Å². The molecule has 2 N–H and O–H groups in total. The van der Waals surface area contributed by atoms with Crippen LogP contribution in [-0.2, 0) is 9.47 Å². The Morgan fingerprint density at radius 3 is 1.21 bits per heavy atom. The van der Waals surface area contributed by atoms with Crippen molar-refractivity contribution in [2.24, 2.45) is 0 Å². The van der Waals surface area contributed by atoms with Gasteiger partial charge in [-0.15, -0.1) is 0 Å². The predicted molar refractivity (Wildman–Crippen MR) is 56.3 cm³/mol. The van der Waals surface area contributed by atoms with Crippen molar-refractivity contribution in [3.63, 3.8) is 0 Å². The summed E-state index contributed by atoms with van der Waals surface area (Å²) in [5.74, 6) is 0. The van der Waals surface area contributed by atoms with Gasteiger partial charge in [-0.1, -0.05) is 13.8 Å². The fraction of sp³-hybridized carbons (Fsp3) is 1.00. The summed E-state index contributed by atoms with van der Waals surface area (Å²) in [5, 5.41) is 17.5. The van der Waals surface area contributed by atoms with Crippen LogP contribution in [0.25, 0.3) is 0 Å². The van der Waals surface area contributed by atoms with E-state index in [0.717, 1.165) is 12.8 Å². The van der Waals surface area contributed by atoms with Crippen molar-refractivity contribution in [3.8, 4) is 0 Å². The molecule has 0 unspecified atom stereocenters. The first kappa shape index (κ1) is 16.3. The molecule has 2 atom stereocenters. The maximum atomic E-state index is 8.73. The smallest absolute Gasteiger partial charge is 0.0770 e. The van der Waals surface area contributed by atoms with E-state index in [1.165, 1.54) is 0 Å². The fourth-order valence-electron chi connectivity index (χ4n) is 0.620.